The summed E-state index contributed by atoms with van der Waals surface area (Å²) in [6.07, 6.45) is 6.39. The molecule has 1 aromatic rings. The van der Waals surface area contributed by atoms with Gasteiger partial charge in [-0.05, 0) is 0 Å². The van der Waals surface area contributed by atoms with E-state index in [1.54, 1.807) is 0 Å². The third-order valence-corrected chi connectivity index (χ3v) is 5.28. The van der Waals surface area contributed by atoms with E-state index in [9.17, 15) is 5.11 Å². The van der Waals surface area contributed by atoms with E-state index in [1.807, 2.05) is 0 Å². The van der Waals surface area contributed by atoms with Crippen LogP contribution in [0.1, 0.15) is 39.0 Å². The molecule has 1 unspecified atom stereocenters. The Bertz CT molecular complexity index is 261. The number of hydrogen-bond donors (Lipinski definition) is 1. The van der Waals surface area contributed by atoms with Crippen LogP contribution in [0, 0.1) is 0 Å². The fourth-order valence-electron chi connectivity index (χ4n) is 1.68. The summed E-state index contributed by atoms with van der Waals surface area (Å²) in [4.78, 5) is 0.506. The molecule has 1 atom stereocenters. The van der Waals surface area contributed by atoms with Crippen LogP contribution in [0.5, 0.6) is 0 Å². The summed E-state index contributed by atoms with van der Waals surface area (Å²) in [6.45, 7) is 2.58. The average molecular weight is 285 g/mol. The van der Waals surface area contributed by atoms with Crippen LogP contribution in [0.3, 0.4) is 0 Å². The molecule has 0 bridgehead atoms. The fraction of sp³-hybridized carbons (Fsp3) is 0.571. The molecule has 0 spiro atoms. The van der Waals surface area contributed by atoms with Crippen molar-refractivity contribution in [2.75, 3.05) is 6.61 Å². The summed E-state index contributed by atoms with van der Waals surface area (Å²) in [6, 6.07) is 10.6. The van der Waals surface area contributed by atoms with Crippen LogP contribution in [0.25, 0.3) is 0 Å². The molecule has 0 amide bonds. The number of aliphatic hydroxyl groups is 1. The van der Waals surface area contributed by atoms with Gasteiger partial charge in [-0.2, -0.15) is 0 Å². The summed E-state index contributed by atoms with van der Waals surface area (Å²) in [5.74, 6) is 0. The molecule has 1 rings (SSSR count). The van der Waals surface area contributed by atoms with Crippen LogP contribution in [-0.4, -0.2) is 26.7 Å². The van der Waals surface area contributed by atoms with Gasteiger partial charge in [0.15, 0.2) is 0 Å². The van der Waals surface area contributed by atoms with Gasteiger partial charge in [-0.25, -0.2) is 0 Å². The number of hydrogen-bond acceptors (Lipinski definition) is 1. The predicted octanol–water partition coefficient (Wildman–Crippen LogP) is 2.77. The first-order valence-electron chi connectivity index (χ1n) is 6.19. The third kappa shape index (κ3) is 5.69. The molecule has 1 aromatic carbocycles. The van der Waals surface area contributed by atoms with Crippen LogP contribution in [-0.2, 0) is 0 Å². The second-order valence-corrected chi connectivity index (χ2v) is 6.97. The second-order valence-electron chi connectivity index (χ2n) is 4.08. The zero-order chi connectivity index (χ0) is 11.6. The number of unbranched alkanes of at least 4 members (excludes halogenated alkanes) is 3. The van der Waals surface area contributed by atoms with E-state index in [4.69, 9.17) is 0 Å². The van der Waals surface area contributed by atoms with E-state index in [2.05, 4.69) is 37.3 Å². The Morgan fingerprint density at radius 2 is 1.88 bits per heavy atom. The van der Waals surface area contributed by atoms with Crippen molar-refractivity contribution in [3.63, 3.8) is 0 Å². The quantitative estimate of drug-likeness (QED) is 0.575. The number of rotatable bonds is 8. The van der Waals surface area contributed by atoms with Gasteiger partial charge in [0.2, 0.25) is 0 Å². The van der Waals surface area contributed by atoms with Crippen molar-refractivity contribution in [3.8, 4) is 0 Å². The minimum absolute atomic E-state index is 0.348. The zero-order valence-corrected chi connectivity index (χ0v) is 11.8. The van der Waals surface area contributed by atoms with Crippen molar-refractivity contribution in [3.05, 3.63) is 30.3 Å². The summed E-state index contributed by atoms with van der Waals surface area (Å²) in [5, 5.41) is 9.36. The fourth-order valence-corrected chi connectivity index (χ4v) is 3.90. The van der Waals surface area contributed by atoms with Crippen molar-refractivity contribution < 1.29 is 5.11 Å². The van der Waals surface area contributed by atoms with E-state index in [-0.39, 0.29) is 0 Å². The Labute approximate surface area is 105 Å². The van der Waals surface area contributed by atoms with Gasteiger partial charge in [0.1, 0.15) is 0 Å². The molecule has 0 fully saturated rings. The van der Waals surface area contributed by atoms with Crippen molar-refractivity contribution in [2.24, 2.45) is 0 Å². The average Bonchev–Trinajstić information content (AvgIpc) is 2.34. The topological polar surface area (TPSA) is 20.2 Å². The van der Waals surface area contributed by atoms with Gasteiger partial charge in [0.25, 0.3) is 0 Å². The molecule has 90 valence electrons. The molecular formula is C14H22OSe. The van der Waals surface area contributed by atoms with Crippen LogP contribution in [0.15, 0.2) is 30.3 Å². The summed E-state index contributed by atoms with van der Waals surface area (Å²) in [7, 11) is 0. The second kappa shape index (κ2) is 8.81. The molecule has 2 heteroatoms. The Morgan fingerprint density at radius 3 is 2.50 bits per heavy atom. The van der Waals surface area contributed by atoms with Crippen LogP contribution < -0.4 is 4.46 Å². The van der Waals surface area contributed by atoms with Crippen LogP contribution in [0.4, 0.5) is 0 Å². The number of benzene rings is 1. The van der Waals surface area contributed by atoms with E-state index in [0.717, 1.165) is 0 Å². The first-order valence-corrected chi connectivity index (χ1v) is 8.04. The Balaban J connectivity index is 2.26. The third-order valence-electron chi connectivity index (χ3n) is 2.63. The molecular weight excluding hydrogens is 263 g/mol. The zero-order valence-electron chi connectivity index (χ0n) is 10.1. The van der Waals surface area contributed by atoms with Crippen molar-refractivity contribution in [1.82, 2.24) is 0 Å². The van der Waals surface area contributed by atoms with Crippen molar-refractivity contribution in [1.29, 1.82) is 0 Å². The van der Waals surface area contributed by atoms with Gasteiger partial charge in [0.05, 0.1) is 0 Å². The molecule has 16 heavy (non-hydrogen) atoms. The van der Waals surface area contributed by atoms with E-state index < -0.39 is 0 Å². The summed E-state index contributed by atoms with van der Waals surface area (Å²) < 4.78 is 1.41. The molecule has 1 N–H and O–H groups in total. The normalized spacial score (nSPS) is 12.6. The maximum atomic E-state index is 9.36. The molecule has 0 radical (unpaired) electrons. The predicted molar refractivity (Wildman–Crippen MR) is 71.4 cm³/mol. The molecule has 0 aliphatic carbocycles. The van der Waals surface area contributed by atoms with Gasteiger partial charge >= 0.3 is 105 Å². The van der Waals surface area contributed by atoms with Crippen molar-refractivity contribution >= 4 is 19.4 Å². The van der Waals surface area contributed by atoms with Crippen LogP contribution >= 0.6 is 0 Å². The van der Waals surface area contributed by atoms with Gasteiger partial charge in [-0.1, -0.05) is 0 Å². The molecule has 0 heterocycles. The van der Waals surface area contributed by atoms with Crippen LogP contribution in [0.2, 0.25) is 4.82 Å². The molecule has 0 saturated carbocycles. The molecule has 0 aliphatic heterocycles. The summed E-state index contributed by atoms with van der Waals surface area (Å²) in [5.41, 5.74) is 0. The van der Waals surface area contributed by atoms with Gasteiger partial charge in [0, 0.05) is 0 Å². The SMILES string of the molecule is CCCCCCC(CO)[Se]c1ccccc1. The van der Waals surface area contributed by atoms with E-state index in [1.165, 1.54) is 36.6 Å². The standard InChI is InChI=1S/C14H22OSe/c1-2-3-4-6-11-14(12-15)16-13-9-7-5-8-10-13/h5,7-10,14-15H,2-4,6,11-12H2,1H3. The van der Waals surface area contributed by atoms with Crippen molar-refractivity contribution in [2.45, 2.75) is 43.8 Å². The molecule has 1 nitrogen and oxygen atoms in total. The maximum absolute atomic E-state index is 9.36. The van der Waals surface area contributed by atoms with Gasteiger partial charge in [-0.15, -0.1) is 0 Å². The number of aliphatic hydroxyl groups excluding tert-OH is 1. The van der Waals surface area contributed by atoms with E-state index in [0.29, 0.717) is 26.4 Å². The first-order chi connectivity index (χ1) is 7.86. The summed E-state index contributed by atoms with van der Waals surface area (Å²) >= 11 is 0.433. The van der Waals surface area contributed by atoms with E-state index >= 15 is 0 Å². The minimum atomic E-state index is 0.348. The molecule has 0 aliphatic rings. The molecule has 0 aromatic heterocycles. The van der Waals surface area contributed by atoms with Gasteiger partial charge in [-0.3, -0.25) is 0 Å². The Morgan fingerprint density at radius 1 is 1.12 bits per heavy atom. The first kappa shape index (κ1) is 13.8. The molecule has 0 saturated heterocycles. The Hall–Kier alpha value is -0.301. The Kier molecular flexibility index (Phi) is 7.58. The monoisotopic (exact) mass is 286 g/mol. The van der Waals surface area contributed by atoms with Gasteiger partial charge < -0.3 is 0 Å².